The maximum absolute atomic E-state index is 5.94. The average Bonchev–Trinajstić information content (AvgIpc) is 2.78. The number of nitrogens with zero attached hydrogens (tertiary/aromatic N) is 4. The molecular weight excluding hydrogens is 278 g/mol. The highest BCUT2D eigenvalue weighted by molar-refractivity contribution is 6.30. The van der Waals surface area contributed by atoms with Crippen molar-refractivity contribution < 1.29 is 4.74 Å². The molecule has 20 heavy (non-hydrogen) atoms. The third kappa shape index (κ3) is 2.37. The molecule has 2 heterocycles. The Bertz CT molecular complexity index is 757. The van der Waals surface area contributed by atoms with Crippen molar-refractivity contribution in [3.63, 3.8) is 0 Å². The van der Waals surface area contributed by atoms with Crippen LogP contribution in [0.15, 0.2) is 36.5 Å². The molecule has 0 radical (unpaired) electrons. The first-order chi connectivity index (χ1) is 9.63. The number of fused-ring (bicyclic) bond motifs is 1. The summed E-state index contributed by atoms with van der Waals surface area (Å²) in [4.78, 5) is 8.12. The molecule has 3 rings (SSSR count). The summed E-state index contributed by atoms with van der Waals surface area (Å²) >= 11 is 5.94. The van der Waals surface area contributed by atoms with Crippen molar-refractivity contribution >= 4 is 23.3 Å². The van der Waals surface area contributed by atoms with Crippen molar-refractivity contribution in [1.82, 2.24) is 19.6 Å². The molecule has 102 valence electrons. The van der Waals surface area contributed by atoms with Gasteiger partial charge in [0.2, 0.25) is 5.95 Å². The number of nitrogens with two attached hydrogens (primary N) is 1. The molecule has 7 heteroatoms. The maximum Gasteiger partial charge on any atom is 0.254 e. The number of hydrogen-bond donors (Lipinski definition) is 1. The molecule has 0 aliphatic heterocycles. The number of rotatable bonds is 3. The summed E-state index contributed by atoms with van der Waals surface area (Å²) in [6.07, 6.45) is 1.40. The Kier molecular flexibility index (Phi) is 3.15. The third-order valence-electron chi connectivity index (χ3n) is 2.81. The Labute approximate surface area is 120 Å². The Morgan fingerprint density at radius 2 is 2.20 bits per heavy atom. The lowest BCUT2D eigenvalue weighted by atomic mass is 10.2. The second-order valence-electron chi connectivity index (χ2n) is 4.27. The van der Waals surface area contributed by atoms with Gasteiger partial charge in [-0.2, -0.15) is 9.50 Å². The summed E-state index contributed by atoms with van der Waals surface area (Å²) in [5.74, 6) is 1.31. The summed E-state index contributed by atoms with van der Waals surface area (Å²) in [5, 5.41) is 4.73. The smallest absolute Gasteiger partial charge is 0.254 e. The molecule has 0 aliphatic carbocycles. The van der Waals surface area contributed by atoms with E-state index in [4.69, 9.17) is 22.1 Å². The van der Waals surface area contributed by atoms with E-state index in [0.717, 1.165) is 5.69 Å². The van der Waals surface area contributed by atoms with E-state index in [9.17, 15) is 0 Å². The molecular formula is C13H12ClN5O. The lowest BCUT2D eigenvalue weighted by Gasteiger charge is -2.15. The van der Waals surface area contributed by atoms with E-state index in [1.54, 1.807) is 22.8 Å². The summed E-state index contributed by atoms with van der Waals surface area (Å²) in [6.45, 7) is 1.91. The van der Waals surface area contributed by atoms with Crippen LogP contribution in [-0.4, -0.2) is 19.6 Å². The second kappa shape index (κ2) is 4.97. The van der Waals surface area contributed by atoms with Crippen LogP contribution in [0.1, 0.15) is 18.7 Å². The van der Waals surface area contributed by atoms with Crippen LogP contribution in [0.3, 0.4) is 0 Å². The van der Waals surface area contributed by atoms with Crippen molar-refractivity contribution in [2.24, 2.45) is 0 Å². The van der Waals surface area contributed by atoms with Gasteiger partial charge in [-0.1, -0.05) is 17.7 Å². The zero-order valence-electron chi connectivity index (χ0n) is 10.7. The van der Waals surface area contributed by atoms with Gasteiger partial charge in [-0.05, 0) is 31.2 Å². The van der Waals surface area contributed by atoms with E-state index in [0.29, 0.717) is 16.5 Å². The van der Waals surface area contributed by atoms with Crippen LogP contribution >= 0.6 is 11.6 Å². The van der Waals surface area contributed by atoms with Gasteiger partial charge in [0, 0.05) is 11.2 Å². The molecule has 3 aromatic rings. The minimum absolute atomic E-state index is 0.180. The van der Waals surface area contributed by atoms with Crippen LogP contribution < -0.4 is 10.5 Å². The minimum Gasteiger partial charge on any atom is -0.484 e. The number of halogens is 1. The Balaban J connectivity index is 1.94. The van der Waals surface area contributed by atoms with Gasteiger partial charge < -0.3 is 10.5 Å². The van der Waals surface area contributed by atoms with E-state index < -0.39 is 0 Å². The van der Waals surface area contributed by atoms with Gasteiger partial charge in [0.15, 0.2) is 0 Å². The van der Waals surface area contributed by atoms with Crippen LogP contribution in [0.2, 0.25) is 5.02 Å². The Morgan fingerprint density at radius 1 is 1.35 bits per heavy atom. The fourth-order valence-corrected chi connectivity index (χ4v) is 2.12. The van der Waals surface area contributed by atoms with Gasteiger partial charge in [-0.25, -0.2) is 4.98 Å². The minimum atomic E-state index is -0.250. The quantitative estimate of drug-likeness (QED) is 0.801. The average molecular weight is 290 g/mol. The lowest BCUT2D eigenvalue weighted by Crippen LogP contribution is -2.10. The topological polar surface area (TPSA) is 78.3 Å². The molecule has 1 aromatic carbocycles. The lowest BCUT2D eigenvalue weighted by molar-refractivity contribution is 0.219. The third-order valence-corrected chi connectivity index (χ3v) is 3.05. The SMILES string of the molecule is C[C@H](Oc1cccc(Cl)c1)c1ccnc2nc(N)nn12. The van der Waals surface area contributed by atoms with E-state index >= 15 is 0 Å². The molecule has 0 saturated heterocycles. The highest BCUT2D eigenvalue weighted by Crippen LogP contribution is 2.24. The van der Waals surface area contributed by atoms with E-state index in [1.165, 1.54) is 0 Å². The van der Waals surface area contributed by atoms with Crippen molar-refractivity contribution in [2.45, 2.75) is 13.0 Å². The molecule has 0 saturated carbocycles. The fraction of sp³-hybridized carbons (Fsp3) is 0.154. The Morgan fingerprint density at radius 3 is 3.00 bits per heavy atom. The maximum atomic E-state index is 5.94. The highest BCUT2D eigenvalue weighted by Gasteiger charge is 2.14. The van der Waals surface area contributed by atoms with Gasteiger partial charge in [0.1, 0.15) is 11.9 Å². The predicted molar refractivity (Wildman–Crippen MR) is 75.7 cm³/mol. The van der Waals surface area contributed by atoms with Crippen molar-refractivity contribution in [1.29, 1.82) is 0 Å². The molecule has 0 amide bonds. The molecule has 2 aromatic heterocycles. The molecule has 0 aliphatic rings. The van der Waals surface area contributed by atoms with Crippen molar-refractivity contribution in [2.75, 3.05) is 5.73 Å². The first-order valence-corrected chi connectivity index (χ1v) is 6.40. The monoisotopic (exact) mass is 289 g/mol. The van der Waals surface area contributed by atoms with E-state index in [2.05, 4.69) is 15.1 Å². The molecule has 0 unspecified atom stereocenters. The summed E-state index contributed by atoms with van der Waals surface area (Å²) in [5.41, 5.74) is 6.40. The molecule has 0 fully saturated rings. The van der Waals surface area contributed by atoms with Gasteiger partial charge in [-0.15, -0.1) is 5.10 Å². The zero-order chi connectivity index (χ0) is 14.1. The van der Waals surface area contributed by atoms with Crippen molar-refractivity contribution in [3.05, 3.63) is 47.2 Å². The van der Waals surface area contributed by atoms with Crippen LogP contribution in [0.25, 0.3) is 5.78 Å². The number of benzene rings is 1. The number of anilines is 1. The van der Waals surface area contributed by atoms with E-state index in [1.807, 2.05) is 25.1 Å². The van der Waals surface area contributed by atoms with E-state index in [-0.39, 0.29) is 12.1 Å². The molecule has 0 spiro atoms. The number of ether oxygens (including phenoxy) is 1. The standard InChI is InChI=1S/C13H12ClN5O/c1-8(20-10-4-2-3-9(14)7-10)11-5-6-16-13-17-12(15)18-19(11)13/h2-8H,1H3,(H2,15,18)/t8-/m0/s1. The molecule has 1 atom stereocenters. The van der Waals surface area contributed by atoms with Crippen molar-refractivity contribution in [3.8, 4) is 5.75 Å². The molecule has 2 N–H and O–H groups in total. The predicted octanol–water partition coefficient (Wildman–Crippen LogP) is 2.50. The van der Waals surface area contributed by atoms with Gasteiger partial charge in [0.05, 0.1) is 5.69 Å². The van der Waals surface area contributed by atoms with Gasteiger partial charge >= 0.3 is 0 Å². The van der Waals surface area contributed by atoms with Crippen LogP contribution in [0.4, 0.5) is 5.95 Å². The largest absolute Gasteiger partial charge is 0.484 e. The first kappa shape index (κ1) is 12.7. The summed E-state index contributed by atoms with van der Waals surface area (Å²) < 4.78 is 7.43. The number of hydrogen-bond acceptors (Lipinski definition) is 5. The van der Waals surface area contributed by atoms with Gasteiger partial charge in [-0.3, -0.25) is 0 Å². The molecule has 6 nitrogen and oxygen atoms in total. The first-order valence-electron chi connectivity index (χ1n) is 6.03. The summed E-state index contributed by atoms with van der Waals surface area (Å²) in [7, 11) is 0. The normalized spacial score (nSPS) is 12.5. The Hall–Kier alpha value is -2.34. The van der Waals surface area contributed by atoms with Crippen LogP contribution in [0.5, 0.6) is 5.75 Å². The fourth-order valence-electron chi connectivity index (χ4n) is 1.94. The second-order valence-corrected chi connectivity index (χ2v) is 4.71. The highest BCUT2D eigenvalue weighted by atomic mass is 35.5. The molecule has 0 bridgehead atoms. The van der Waals surface area contributed by atoms with Gasteiger partial charge in [0.25, 0.3) is 5.78 Å². The van der Waals surface area contributed by atoms with Crippen LogP contribution in [0, 0.1) is 0 Å². The number of nitrogen functional groups attached to an aromatic ring is 1. The zero-order valence-corrected chi connectivity index (χ0v) is 11.4. The summed E-state index contributed by atoms with van der Waals surface area (Å²) in [6, 6.07) is 9.04. The number of aromatic nitrogens is 4. The van der Waals surface area contributed by atoms with Crippen LogP contribution in [-0.2, 0) is 0 Å².